The van der Waals surface area contributed by atoms with Gasteiger partial charge in [0.05, 0.1) is 10.6 Å². The van der Waals surface area contributed by atoms with Crippen LogP contribution in [-0.4, -0.2) is 16.5 Å². The monoisotopic (exact) mass is 341 g/mol. The van der Waals surface area contributed by atoms with E-state index in [1.807, 2.05) is 19.9 Å². The molecule has 1 heterocycles. The van der Waals surface area contributed by atoms with E-state index in [9.17, 15) is 0 Å². The van der Waals surface area contributed by atoms with Crippen molar-refractivity contribution in [3.8, 4) is 11.6 Å². The normalized spacial score (nSPS) is 10.3. The SMILES string of the molecule is CCNc1ncnc(Oc2cc(Br)ccc2Cl)c1C. The Morgan fingerprint density at radius 1 is 1.37 bits per heavy atom. The van der Waals surface area contributed by atoms with Crippen LogP contribution >= 0.6 is 27.5 Å². The summed E-state index contributed by atoms with van der Waals surface area (Å²) < 4.78 is 6.65. The molecule has 0 saturated carbocycles. The van der Waals surface area contributed by atoms with E-state index in [-0.39, 0.29) is 0 Å². The second-order valence-electron chi connectivity index (χ2n) is 3.86. The molecule has 0 saturated heterocycles. The zero-order valence-corrected chi connectivity index (χ0v) is 12.9. The summed E-state index contributed by atoms with van der Waals surface area (Å²) in [6.45, 7) is 4.70. The quantitative estimate of drug-likeness (QED) is 0.893. The maximum atomic E-state index is 6.09. The zero-order valence-electron chi connectivity index (χ0n) is 10.6. The molecule has 19 heavy (non-hydrogen) atoms. The summed E-state index contributed by atoms with van der Waals surface area (Å²) in [5.41, 5.74) is 0.848. The molecule has 0 aliphatic carbocycles. The van der Waals surface area contributed by atoms with Crippen molar-refractivity contribution in [1.82, 2.24) is 9.97 Å². The van der Waals surface area contributed by atoms with Gasteiger partial charge in [-0.2, -0.15) is 0 Å². The van der Waals surface area contributed by atoms with Crippen LogP contribution in [0.4, 0.5) is 5.82 Å². The Morgan fingerprint density at radius 3 is 2.89 bits per heavy atom. The minimum atomic E-state index is 0.492. The molecular weight excluding hydrogens is 330 g/mol. The lowest BCUT2D eigenvalue weighted by Crippen LogP contribution is -2.03. The number of nitrogens with one attached hydrogen (secondary N) is 1. The van der Waals surface area contributed by atoms with Crippen molar-refractivity contribution in [2.24, 2.45) is 0 Å². The molecule has 1 aromatic carbocycles. The number of nitrogens with zero attached hydrogens (tertiary/aromatic N) is 2. The van der Waals surface area contributed by atoms with Gasteiger partial charge in [-0.1, -0.05) is 27.5 Å². The average Bonchev–Trinajstić information content (AvgIpc) is 2.39. The van der Waals surface area contributed by atoms with Gasteiger partial charge >= 0.3 is 0 Å². The highest BCUT2D eigenvalue weighted by Gasteiger charge is 2.10. The predicted molar refractivity (Wildman–Crippen MR) is 80.2 cm³/mol. The van der Waals surface area contributed by atoms with Crippen molar-refractivity contribution < 1.29 is 4.74 Å². The van der Waals surface area contributed by atoms with Gasteiger partial charge in [-0.05, 0) is 32.0 Å². The van der Waals surface area contributed by atoms with Crippen molar-refractivity contribution >= 4 is 33.3 Å². The molecule has 0 aliphatic heterocycles. The molecule has 0 bridgehead atoms. The molecule has 0 unspecified atom stereocenters. The lowest BCUT2D eigenvalue weighted by Gasteiger charge is -2.12. The number of hydrogen-bond acceptors (Lipinski definition) is 4. The van der Waals surface area contributed by atoms with Gasteiger partial charge in [0.15, 0.2) is 0 Å². The molecule has 0 spiro atoms. The Balaban J connectivity index is 2.33. The third-order valence-corrected chi connectivity index (χ3v) is 3.29. The highest BCUT2D eigenvalue weighted by Crippen LogP contribution is 2.33. The largest absolute Gasteiger partial charge is 0.437 e. The molecule has 4 nitrogen and oxygen atoms in total. The summed E-state index contributed by atoms with van der Waals surface area (Å²) in [5.74, 6) is 1.81. The second kappa shape index (κ2) is 6.21. The van der Waals surface area contributed by atoms with Gasteiger partial charge in [-0.25, -0.2) is 9.97 Å². The van der Waals surface area contributed by atoms with Crippen LogP contribution in [0.2, 0.25) is 5.02 Å². The first-order valence-electron chi connectivity index (χ1n) is 5.80. The summed E-state index contributed by atoms with van der Waals surface area (Å²) in [6.07, 6.45) is 1.46. The number of rotatable bonds is 4. The van der Waals surface area contributed by atoms with Crippen molar-refractivity contribution in [2.45, 2.75) is 13.8 Å². The van der Waals surface area contributed by atoms with Crippen LogP contribution < -0.4 is 10.1 Å². The predicted octanol–water partition coefficient (Wildman–Crippen LogP) is 4.43. The van der Waals surface area contributed by atoms with Crippen LogP contribution in [0, 0.1) is 6.92 Å². The van der Waals surface area contributed by atoms with E-state index in [4.69, 9.17) is 16.3 Å². The molecule has 0 atom stereocenters. The van der Waals surface area contributed by atoms with E-state index in [0.717, 1.165) is 22.4 Å². The number of halogens is 2. The summed E-state index contributed by atoms with van der Waals surface area (Å²) in [5, 5.41) is 3.69. The smallest absolute Gasteiger partial charge is 0.227 e. The Bertz CT molecular complexity index is 592. The topological polar surface area (TPSA) is 47.0 Å². The van der Waals surface area contributed by atoms with Gasteiger partial charge in [0.2, 0.25) is 5.88 Å². The average molecular weight is 343 g/mol. The number of benzene rings is 1. The molecule has 1 aromatic heterocycles. The van der Waals surface area contributed by atoms with E-state index in [1.165, 1.54) is 6.33 Å². The first-order chi connectivity index (χ1) is 9.11. The van der Waals surface area contributed by atoms with E-state index < -0.39 is 0 Å². The van der Waals surface area contributed by atoms with Crippen LogP contribution in [0.15, 0.2) is 29.0 Å². The van der Waals surface area contributed by atoms with Crippen molar-refractivity contribution in [3.63, 3.8) is 0 Å². The Morgan fingerprint density at radius 2 is 2.16 bits per heavy atom. The molecule has 100 valence electrons. The molecule has 2 rings (SSSR count). The summed E-state index contributed by atoms with van der Waals surface area (Å²) in [6, 6.07) is 5.42. The number of anilines is 1. The van der Waals surface area contributed by atoms with Crippen LogP contribution in [0.25, 0.3) is 0 Å². The number of hydrogen-bond donors (Lipinski definition) is 1. The first kappa shape index (κ1) is 14.1. The standard InChI is InChI=1S/C13H13BrClN3O/c1-3-16-12-8(2)13(18-7-17-12)19-11-6-9(14)4-5-10(11)15/h4-7H,3H2,1-2H3,(H,16,17,18). The summed E-state index contributed by atoms with van der Waals surface area (Å²) in [4.78, 5) is 8.31. The van der Waals surface area contributed by atoms with E-state index in [2.05, 4.69) is 31.2 Å². The summed E-state index contributed by atoms with van der Waals surface area (Å²) >= 11 is 9.48. The molecule has 1 N–H and O–H groups in total. The fraction of sp³-hybridized carbons (Fsp3) is 0.231. The first-order valence-corrected chi connectivity index (χ1v) is 6.97. The Labute approximate surface area is 125 Å². The zero-order chi connectivity index (χ0) is 13.8. The van der Waals surface area contributed by atoms with Crippen molar-refractivity contribution in [1.29, 1.82) is 0 Å². The Kier molecular flexibility index (Phi) is 4.61. The molecule has 6 heteroatoms. The Hall–Kier alpha value is -1.33. The van der Waals surface area contributed by atoms with Crippen LogP contribution in [0.1, 0.15) is 12.5 Å². The van der Waals surface area contributed by atoms with Crippen molar-refractivity contribution in [2.75, 3.05) is 11.9 Å². The van der Waals surface area contributed by atoms with E-state index >= 15 is 0 Å². The van der Waals surface area contributed by atoms with E-state index in [1.54, 1.807) is 12.1 Å². The molecule has 2 aromatic rings. The highest BCUT2D eigenvalue weighted by molar-refractivity contribution is 9.10. The number of ether oxygens (including phenoxy) is 1. The van der Waals surface area contributed by atoms with Crippen molar-refractivity contribution in [3.05, 3.63) is 39.6 Å². The maximum absolute atomic E-state index is 6.09. The lowest BCUT2D eigenvalue weighted by atomic mass is 10.3. The van der Waals surface area contributed by atoms with Gasteiger partial charge in [-0.15, -0.1) is 0 Å². The minimum Gasteiger partial charge on any atom is -0.437 e. The molecule has 0 fully saturated rings. The van der Waals surface area contributed by atoms with Gasteiger partial charge < -0.3 is 10.1 Å². The van der Waals surface area contributed by atoms with Gasteiger partial charge in [0.25, 0.3) is 0 Å². The van der Waals surface area contributed by atoms with Crippen LogP contribution in [-0.2, 0) is 0 Å². The van der Waals surface area contributed by atoms with Gasteiger partial charge in [0.1, 0.15) is 17.9 Å². The fourth-order valence-corrected chi connectivity index (χ4v) is 2.04. The van der Waals surface area contributed by atoms with Crippen LogP contribution in [0.5, 0.6) is 11.6 Å². The second-order valence-corrected chi connectivity index (χ2v) is 5.18. The maximum Gasteiger partial charge on any atom is 0.227 e. The molecule has 0 aliphatic rings. The molecule has 0 radical (unpaired) electrons. The van der Waals surface area contributed by atoms with E-state index in [0.29, 0.717) is 16.7 Å². The van der Waals surface area contributed by atoms with Gasteiger partial charge in [0, 0.05) is 11.0 Å². The fourth-order valence-electron chi connectivity index (χ4n) is 1.54. The molecule has 0 amide bonds. The lowest BCUT2D eigenvalue weighted by molar-refractivity contribution is 0.457. The highest BCUT2D eigenvalue weighted by atomic mass is 79.9. The minimum absolute atomic E-state index is 0.492. The molecular formula is C13H13BrClN3O. The summed E-state index contributed by atoms with van der Waals surface area (Å²) in [7, 11) is 0. The number of aromatic nitrogens is 2. The van der Waals surface area contributed by atoms with Crippen LogP contribution in [0.3, 0.4) is 0 Å². The third kappa shape index (κ3) is 3.36. The third-order valence-electron chi connectivity index (χ3n) is 2.48. The van der Waals surface area contributed by atoms with Gasteiger partial charge in [-0.3, -0.25) is 0 Å².